The summed E-state index contributed by atoms with van der Waals surface area (Å²) in [7, 11) is 3.83. The molecule has 27 heavy (non-hydrogen) atoms. The van der Waals surface area contributed by atoms with E-state index in [1.54, 1.807) is 7.11 Å². The van der Waals surface area contributed by atoms with E-state index in [1.807, 2.05) is 11.0 Å². The van der Waals surface area contributed by atoms with Crippen molar-refractivity contribution in [1.29, 1.82) is 0 Å². The summed E-state index contributed by atoms with van der Waals surface area (Å²) in [5.74, 6) is 1.18. The van der Waals surface area contributed by atoms with Gasteiger partial charge >= 0.3 is 0 Å². The number of hydrogen-bond donors (Lipinski definition) is 0. The van der Waals surface area contributed by atoms with Gasteiger partial charge in [0, 0.05) is 24.7 Å². The minimum Gasteiger partial charge on any atom is -0.496 e. The summed E-state index contributed by atoms with van der Waals surface area (Å²) in [6, 6.07) is 6.87. The number of amides is 1. The van der Waals surface area contributed by atoms with Gasteiger partial charge in [0.2, 0.25) is 5.91 Å². The molecule has 5 nitrogen and oxygen atoms in total. The summed E-state index contributed by atoms with van der Waals surface area (Å²) in [6.45, 7) is 2.81. The van der Waals surface area contributed by atoms with Crippen LogP contribution in [0, 0.1) is 0 Å². The predicted octanol–water partition coefficient (Wildman–Crippen LogP) is 2.96. The first kappa shape index (κ1) is 18.8. The second-order valence-electron chi connectivity index (χ2n) is 8.32. The van der Waals surface area contributed by atoms with Gasteiger partial charge in [0.15, 0.2) is 0 Å². The third kappa shape index (κ3) is 3.59. The molecule has 0 unspecified atom stereocenters. The van der Waals surface area contributed by atoms with Crippen molar-refractivity contribution in [2.75, 3.05) is 40.4 Å². The highest BCUT2D eigenvalue weighted by Gasteiger charge is 2.43. The first-order chi connectivity index (χ1) is 13.1. The molecule has 1 spiro atoms. The number of fused-ring (bicyclic) bond motifs is 2. The van der Waals surface area contributed by atoms with Crippen LogP contribution < -0.4 is 4.74 Å². The summed E-state index contributed by atoms with van der Waals surface area (Å²) in [5.41, 5.74) is 2.25. The molecule has 2 fully saturated rings. The zero-order valence-corrected chi connectivity index (χ0v) is 16.7. The Bertz CT molecular complexity index is 662. The highest BCUT2D eigenvalue weighted by molar-refractivity contribution is 5.78. The van der Waals surface area contributed by atoms with E-state index >= 15 is 0 Å². The highest BCUT2D eigenvalue weighted by Crippen LogP contribution is 2.45. The molecule has 1 amide bonds. The van der Waals surface area contributed by atoms with E-state index < -0.39 is 0 Å². The van der Waals surface area contributed by atoms with Crippen LogP contribution in [0.1, 0.15) is 49.7 Å². The van der Waals surface area contributed by atoms with Crippen molar-refractivity contribution in [2.45, 2.75) is 56.6 Å². The average Bonchev–Trinajstić information content (AvgIpc) is 3.23. The Labute approximate surface area is 162 Å². The molecule has 1 aromatic carbocycles. The van der Waals surface area contributed by atoms with Gasteiger partial charge < -0.3 is 14.4 Å². The Hall–Kier alpha value is -1.59. The lowest BCUT2D eigenvalue weighted by Gasteiger charge is -2.45. The monoisotopic (exact) mass is 372 g/mol. The molecule has 4 rings (SSSR count). The van der Waals surface area contributed by atoms with Gasteiger partial charge in [-0.1, -0.05) is 25.0 Å². The average molecular weight is 373 g/mol. The summed E-state index contributed by atoms with van der Waals surface area (Å²) >= 11 is 0. The Morgan fingerprint density at radius 2 is 2.04 bits per heavy atom. The van der Waals surface area contributed by atoms with Crippen molar-refractivity contribution in [3.05, 3.63) is 29.3 Å². The zero-order chi connectivity index (χ0) is 18.9. The van der Waals surface area contributed by atoms with Crippen molar-refractivity contribution in [3.63, 3.8) is 0 Å². The van der Waals surface area contributed by atoms with E-state index in [0.717, 1.165) is 44.7 Å². The molecule has 0 aromatic heterocycles. The number of carbonyl (C=O) groups excluding carboxylic acids is 1. The SMILES string of the molecule is COc1cccc2c1C1(CCN(C(=O)CN(C)C3CCCC3)CC1)OCC2. The molecular formula is C22H32N2O3. The van der Waals surface area contributed by atoms with Crippen molar-refractivity contribution in [1.82, 2.24) is 9.80 Å². The van der Waals surface area contributed by atoms with Crippen LogP contribution in [0.2, 0.25) is 0 Å². The van der Waals surface area contributed by atoms with E-state index in [9.17, 15) is 4.79 Å². The molecule has 0 radical (unpaired) electrons. The molecule has 5 heteroatoms. The number of benzene rings is 1. The minimum atomic E-state index is -0.297. The number of carbonyl (C=O) groups is 1. The fraction of sp³-hybridized carbons (Fsp3) is 0.682. The molecule has 1 aromatic rings. The Morgan fingerprint density at radius 1 is 1.30 bits per heavy atom. The number of likely N-dealkylation sites (N-methyl/N-ethyl adjacent to an activating group) is 1. The van der Waals surface area contributed by atoms with Crippen molar-refractivity contribution in [2.24, 2.45) is 0 Å². The lowest BCUT2D eigenvalue weighted by molar-refractivity contribution is -0.142. The molecule has 2 aliphatic heterocycles. The van der Waals surface area contributed by atoms with Crippen LogP contribution in [0.3, 0.4) is 0 Å². The third-order valence-electron chi connectivity index (χ3n) is 6.79. The van der Waals surface area contributed by atoms with Crippen molar-refractivity contribution in [3.8, 4) is 5.75 Å². The first-order valence-corrected chi connectivity index (χ1v) is 10.4. The van der Waals surface area contributed by atoms with Crippen LogP contribution in [0.5, 0.6) is 5.75 Å². The molecular weight excluding hydrogens is 340 g/mol. The molecule has 0 atom stereocenters. The van der Waals surface area contributed by atoms with Crippen LogP contribution >= 0.6 is 0 Å². The number of ether oxygens (including phenoxy) is 2. The topological polar surface area (TPSA) is 42.0 Å². The summed E-state index contributed by atoms with van der Waals surface area (Å²) in [6.07, 6.45) is 7.69. The van der Waals surface area contributed by atoms with Gasteiger partial charge in [-0.25, -0.2) is 0 Å². The van der Waals surface area contributed by atoms with Gasteiger partial charge in [-0.3, -0.25) is 9.69 Å². The Kier molecular flexibility index (Phi) is 5.42. The fourth-order valence-electron chi connectivity index (χ4n) is 5.20. The normalized spacial score (nSPS) is 22.3. The van der Waals surface area contributed by atoms with Gasteiger partial charge in [0.1, 0.15) is 11.4 Å². The third-order valence-corrected chi connectivity index (χ3v) is 6.79. The van der Waals surface area contributed by atoms with Crippen LogP contribution in [0.15, 0.2) is 18.2 Å². The maximum Gasteiger partial charge on any atom is 0.236 e. The predicted molar refractivity (Wildman–Crippen MR) is 105 cm³/mol. The van der Waals surface area contributed by atoms with E-state index in [0.29, 0.717) is 12.6 Å². The second-order valence-corrected chi connectivity index (χ2v) is 8.32. The maximum atomic E-state index is 12.8. The van der Waals surface area contributed by atoms with Gasteiger partial charge in [0.25, 0.3) is 0 Å². The molecule has 1 saturated heterocycles. The smallest absolute Gasteiger partial charge is 0.236 e. The second kappa shape index (κ2) is 7.80. The molecule has 0 bridgehead atoms. The van der Waals surface area contributed by atoms with Crippen LogP contribution in [0.25, 0.3) is 0 Å². The maximum absolute atomic E-state index is 12.8. The van der Waals surface area contributed by atoms with Gasteiger partial charge in [-0.05, 0) is 50.8 Å². The molecule has 3 aliphatic rings. The molecule has 2 heterocycles. The lowest BCUT2D eigenvalue weighted by Crippen LogP contribution is -2.50. The molecule has 1 saturated carbocycles. The van der Waals surface area contributed by atoms with Gasteiger partial charge in [0.05, 0.1) is 20.3 Å². The number of methoxy groups -OCH3 is 1. The molecule has 0 N–H and O–H groups in total. The van der Waals surface area contributed by atoms with Crippen molar-refractivity contribution >= 4 is 5.91 Å². The van der Waals surface area contributed by atoms with E-state index in [1.165, 1.54) is 36.8 Å². The van der Waals surface area contributed by atoms with Crippen molar-refractivity contribution < 1.29 is 14.3 Å². The number of piperidine rings is 1. The number of hydrogen-bond acceptors (Lipinski definition) is 4. The Balaban J connectivity index is 1.43. The molecule has 148 valence electrons. The van der Waals surface area contributed by atoms with Crippen LogP contribution in [-0.2, 0) is 21.6 Å². The summed E-state index contributed by atoms with van der Waals surface area (Å²) in [5, 5.41) is 0. The van der Waals surface area contributed by atoms with Gasteiger partial charge in [-0.15, -0.1) is 0 Å². The van der Waals surface area contributed by atoms with E-state index in [4.69, 9.17) is 9.47 Å². The number of rotatable bonds is 4. The fourth-order valence-corrected chi connectivity index (χ4v) is 5.20. The zero-order valence-electron chi connectivity index (χ0n) is 16.7. The first-order valence-electron chi connectivity index (χ1n) is 10.4. The summed E-state index contributed by atoms with van der Waals surface area (Å²) < 4.78 is 12.0. The highest BCUT2D eigenvalue weighted by atomic mass is 16.5. The van der Waals surface area contributed by atoms with Crippen LogP contribution in [0.4, 0.5) is 0 Å². The largest absolute Gasteiger partial charge is 0.496 e. The Morgan fingerprint density at radius 3 is 2.74 bits per heavy atom. The van der Waals surface area contributed by atoms with E-state index in [2.05, 4.69) is 24.1 Å². The van der Waals surface area contributed by atoms with Crippen LogP contribution in [-0.4, -0.2) is 62.1 Å². The summed E-state index contributed by atoms with van der Waals surface area (Å²) in [4.78, 5) is 17.1. The van der Waals surface area contributed by atoms with Gasteiger partial charge in [-0.2, -0.15) is 0 Å². The number of nitrogens with zero attached hydrogens (tertiary/aromatic N) is 2. The standard InChI is InChI=1S/C22H32N2O3/c1-23(18-7-3-4-8-18)16-20(25)24-13-11-22(12-14-24)21-17(10-15-27-22)6-5-9-19(21)26-2/h5-6,9,18H,3-4,7-8,10-16H2,1-2H3. The van der Waals surface area contributed by atoms with E-state index in [-0.39, 0.29) is 11.5 Å². The molecule has 1 aliphatic carbocycles. The quantitative estimate of drug-likeness (QED) is 0.815. The number of likely N-dealkylation sites (tertiary alicyclic amines) is 1. The lowest BCUT2D eigenvalue weighted by atomic mass is 9.78. The minimum absolute atomic E-state index is 0.260.